The monoisotopic (exact) mass is 489 g/mol. The zero-order chi connectivity index (χ0) is 25.3. The van der Waals surface area contributed by atoms with E-state index in [1.54, 1.807) is 6.92 Å². The standard InChI is InChI=1S/C24H16F5N3O3/c1-2-14-6-15(25)7-20(26)18(14)10-32-12-31-22(34)17-8-16(3-4-21(17)32)35-23-19(24(27,28)29)5-13(11-33)9-30-23/h3-9,11-12H,2,10H2,1H3. The van der Waals surface area contributed by atoms with E-state index in [4.69, 9.17) is 4.74 Å². The van der Waals surface area contributed by atoms with Crippen LogP contribution >= 0.6 is 0 Å². The molecule has 0 aliphatic carbocycles. The predicted molar refractivity (Wildman–Crippen MR) is 116 cm³/mol. The SMILES string of the molecule is CCc1cc(F)cc(F)c1Cn1cnc(=O)c2cc(Oc3ncc(C=O)cc3C(F)(F)F)ccc21. The fraction of sp³-hybridized carbons (Fsp3) is 0.167. The minimum atomic E-state index is -4.84. The number of ether oxygens (including phenoxy) is 1. The predicted octanol–water partition coefficient (Wildman–Crippen LogP) is 5.30. The molecule has 0 saturated heterocycles. The highest BCUT2D eigenvalue weighted by Gasteiger charge is 2.36. The Bertz CT molecular complexity index is 1500. The first-order chi connectivity index (χ1) is 16.6. The summed E-state index contributed by atoms with van der Waals surface area (Å²) in [6.07, 6.45) is -2.12. The molecule has 180 valence electrons. The number of alkyl halides is 3. The first kappa shape index (κ1) is 24.0. The molecule has 0 aliphatic heterocycles. The molecule has 0 fully saturated rings. The van der Waals surface area contributed by atoms with Gasteiger partial charge in [-0.25, -0.2) is 13.8 Å². The molecule has 0 spiro atoms. The van der Waals surface area contributed by atoms with E-state index in [0.717, 1.165) is 12.3 Å². The number of hydrogen-bond acceptors (Lipinski definition) is 5. The van der Waals surface area contributed by atoms with Gasteiger partial charge in [0.25, 0.3) is 5.56 Å². The van der Waals surface area contributed by atoms with Crippen molar-refractivity contribution in [1.82, 2.24) is 14.5 Å². The molecule has 0 amide bonds. The van der Waals surface area contributed by atoms with Crippen LogP contribution in [0.1, 0.15) is 34.0 Å². The highest BCUT2D eigenvalue weighted by molar-refractivity contribution is 5.80. The molecule has 0 unspecified atom stereocenters. The van der Waals surface area contributed by atoms with Gasteiger partial charge in [-0.1, -0.05) is 6.92 Å². The molecular formula is C24H16F5N3O3. The van der Waals surface area contributed by atoms with Crippen molar-refractivity contribution >= 4 is 17.2 Å². The van der Waals surface area contributed by atoms with Crippen molar-refractivity contribution in [2.24, 2.45) is 0 Å². The molecule has 6 nitrogen and oxygen atoms in total. The van der Waals surface area contributed by atoms with Gasteiger partial charge < -0.3 is 9.30 Å². The number of rotatable bonds is 6. The Labute approximate surface area is 194 Å². The fourth-order valence-electron chi connectivity index (χ4n) is 3.63. The number of aryl methyl sites for hydroxylation is 1. The third-order valence-corrected chi connectivity index (χ3v) is 5.31. The number of carbonyl (C=O) groups excluding carboxylic acids is 1. The Morgan fingerprint density at radius 3 is 2.54 bits per heavy atom. The number of pyridine rings is 1. The number of carbonyl (C=O) groups is 1. The maximum absolute atomic E-state index is 14.5. The lowest BCUT2D eigenvalue weighted by molar-refractivity contribution is -0.138. The Morgan fingerprint density at radius 1 is 1.09 bits per heavy atom. The molecule has 0 radical (unpaired) electrons. The summed E-state index contributed by atoms with van der Waals surface area (Å²) in [7, 11) is 0. The third-order valence-electron chi connectivity index (χ3n) is 5.31. The van der Waals surface area contributed by atoms with Gasteiger partial charge in [-0.05, 0) is 42.3 Å². The van der Waals surface area contributed by atoms with Crippen molar-refractivity contribution in [3.63, 3.8) is 0 Å². The lowest BCUT2D eigenvalue weighted by Crippen LogP contribution is -2.15. The van der Waals surface area contributed by atoms with Gasteiger partial charge in [0.1, 0.15) is 22.9 Å². The van der Waals surface area contributed by atoms with E-state index >= 15 is 0 Å². The summed E-state index contributed by atoms with van der Waals surface area (Å²) in [5, 5.41) is 0.00337. The number of aromatic nitrogens is 3. The lowest BCUT2D eigenvalue weighted by atomic mass is 10.0. The zero-order valence-electron chi connectivity index (χ0n) is 18.1. The van der Waals surface area contributed by atoms with E-state index in [1.165, 1.54) is 35.2 Å². The van der Waals surface area contributed by atoms with Crippen molar-refractivity contribution in [1.29, 1.82) is 0 Å². The van der Waals surface area contributed by atoms with Gasteiger partial charge in [0.15, 0.2) is 6.29 Å². The number of nitrogens with zero attached hydrogens (tertiary/aromatic N) is 3. The van der Waals surface area contributed by atoms with Crippen molar-refractivity contribution in [2.45, 2.75) is 26.1 Å². The molecule has 0 bridgehead atoms. The second-order valence-electron chi connectivity index (χ2n) is 7.57. The van der Waals surface area contributed by atoms with Crippen molar-refractivity contribution in [2.75, 3.05) is 0 Å². The minimum Gasteiger partial charge on any atom is -0.438 e. The average Bonchev–Trinajstić information content (AvgIpc) is 2.81. The average molecular weight is 489 g/mol. The summed E-state index contributed by atoms with van der Waals surface area (Å²) in [6, 6.07) is 6.51. The maximum atomic E-state index is 14.5. The van der Waals surface area contributed by atoms with Crippen LogP contribution in [0.5, 0.6) is 11.6 Å². The first-order valence-electron chi connectivity index (χ1n) is 10.3. The van der Waals surface area contributed by atoms with Crippen LogP contribution in [0.25, 0.3) is 10.9 Å². The van der Waals surface area contributed by atoms with Crippen LogP contribution < -0.4 is 10.3 Å². The summed E-state index contributed by atoms with van der Waals surface area (Å²) in [5.74, 6) is -2.39. The smallest absolute Gasteiger partial charge is 0.421 e. The fourth-order valence-corrected chi connectivity index (χ4v) is 3.63. The zero-order valence-corrected chi connectivity index (χ0v) is 18.1. The molecule has 35 heavy (non-hydrogen) atoms. The quantitative estimate of drug-likeness (QED) is 0.271. The number of aldehydes is 1. The molecule has 0 N–H and O–H groups in total. The summed E-state index contributed by atoms with van der Waals surface area (Å²) < 4.78 is 75.1. The minimum absolute atomic E-state index is 0.00337. The van der Waals surface area contributed by atoms with E-state index in [0.29, 0.717) is 23.6 Å². The molecule has 2 aromatic carbocycles. The van der Waals surface area contributed by atoms with Crippen LogP contribution in [0.3, 0.4) is 0 Å². The molecule has 2 heterocycles. The molecular weight excluding hydrogens is 473 g/mol. The molecule has 0 atom stereocenters. The van der Waals surface area contributed by atoms with E-state index < -0.39 is 34.8 Å². The molecule has 0 saturated carbocycles. The van der Waals surface area contributed by atoms with Gasteiger partial charge in [-0.15, -0.1) is 0 Å². The Hall–Kier alpha value is -4.15. The van der Waals surface area contributed by atoms with Crippen LogP contribution in [-0.4, -0.2) is 20.8 Å². The topological polar surface area (TPSA) is 74.1 Å². The van der Waals surface area contributed by atoms with Gasteiger partial charge in [-0.3, -0.25) is 9.59 Å². The van der Waals surface area contributed by atoms with Gasteiger partial charge in [0.2, 0.25) is 5.88 Å². The molecule has 11 heteroatoms. The molecule has 2 aromatic heterocycles. The molecule has 0 aliphatic rings. The molecule has 4 rings (SSSR count). The van der Waals surface area contributed by atoms with Gasteiger partial charge in [0, 0.05) is 23.4 Å². The van der Waals surface area contributed by atoms with E-state index in [1.807, 2.05) is 0 Å². The first-order valence-corrected chi connectivity index (χ1v) is 10.3. The Kier molecular flexibility index (Phi) is 6.33. The third kappa shape index (κ3) is 4.88. The Balaban J connectivity index is 1.75. The van der Waals surface area contributed by atoms with Crippen LogP contribution in [-0.2, 0) is 19.1 Å². The van der Waals surface area contributed by atoms with E-state index in [-0.39, 0.29) is 35.1 Å². The van der Waals surface area contributed by atoms with Gasteiger partial charge in [-0.2, -0.15) is 18.2 Å². The Morgan fingerprint density at radius 2 is 1.86 bits per heavy atom. The summed E-state index contributed by atoms with van der Waals surface area (Å²) in [5.41, 5.74) is -1.26. The molecule has 4 aromatic rings. The van der Waals surface area contributed by atoms with Gasteiger partial charge in [0.05, 0.1) is 23.8 Å². The highest BCUT2D eigenvalue weighted by Crippen LogP contribution is 2.37. The van der Waals surface area contributed by atoms with Crippen LogP contribution in [0.15, 0.2) is 53.7 Å². The van der Waals surface area contributed by atoms with Crippen molar-refractivity contribution < 1.29 is 31.5 Å². The maximum Gasteiger partial charge on any atom is 0.421 e. The second-order valence-corrected chi connectivity index (χ2v) is 7.57. The van der Waals surface area contributed by atoms with Crippen molar-refractivity contribution in [3.8, 4) is 11.6 Å². The van der Waals surface area contributed by atoms with E-state index in [2.05, 4.69) is 9.97 Å². The number of benzene rings is 2. The lowest BCUT2D eigenvalue weighted by Gasteiger charge is -2.15. The summed E-state index contributed by atoms with van der Waals surface area (Å²) in [4.78, 5) is 30.6. The van der Waals surface area contributed by atoms with Crippen molar-refractivity contribution in [3.05, 3.63) is 93.2 Å². The number of halogens is 5. The van der Waals surface area contributed by atoms with Crippen LogP contribution in [0.4, 0.5) is 22.0 Å². The normalized spacial score (nSPS) is 11.6. The largest absolute Gasteiger partial charge is 0.438 e. The summed E-state index contributed by atoms with van der Waals surface area (Å²) in [6.45, 7) is 1.68. The highest BCUT2D eigenvalue weighted by atomic mass is 19.4. The van der Waals surface area contributed by atoms with Crippen LogP contribution in [0.2, 0.25) is 0 Å². The van der Waals surface area contributed by atoms with Gasteiger partial charge >= 0.3 is 6.18 Å². The second kappa shape index (κ2) is 9.24. The number of hydrogen-bond donors (Lipinski definition) is 0. The van der Waals surface area contributed by atoms with E-state index in [9.17, 15) is 31.5 Å². The van der Waals surface area contributed by atoms with Crippen LogP contribution in [0, 0.1) is 11.6 Å². The summed E-state index contributed by atoms with van der Waals surface area (Å²) >= 11 is 0. The number of fused-ring (bicyclic) bond motifs is 1.